The standard InChI is InChI=1S/C18H14BF2N/c1-13-7-5-12-17(22-13)16-11-6-10-15(18(16)19(20)21)14-8-3-2-4-9-14/h2-12H,1H3. The number of hydrogen-bond donors (Lipinski definition) is 0. The third-order valence-corrected chi connectivity index (χ3v) is 3.57. The Hall–Kier alpha value is -2.49. The molecule has 0 aliphatic heterocycles. The molecule has 0 atom stereocenters. The summed E-state index contributed by atoms with van der Waals surface area (Å²) in [6.07, 6.45) is 0. The fraction of sp³-hybridized carbons (Fsp3) is 0.0556. The predicted octanol–water partition coefficient (Wildman–Crippen LogP) is 4.36. The summed E-state index contributed by atoms with van der Waals surface area (Å²) < 4.78 is 27.5. The first-order valence-corrected chi connectivity index (χ1v) is 7.07. The molecule has 1 heterocycles. The quantitative estimate of drug-likeness (QED) is 0.654. The maximum absolute atomic E-state index is 13.7. The molecule has 1 aromatic heterocycles. The highest BCUT2D eigenvalue weighted by Gasteiger charge is 2.26. The Morgan fingerprint density at radius 2 is 1.45 bits per heavy atom. The molecule has 22 heavy (non-hydrogen) atoms. The van der Waals surface area contributed by atoms with Crippen molar-refractivity contribution in [2.24, 2.45) is 0 Å². The lowest BCUT2D eigenvalue weighted by molar-refractivity contribution is 0.685. The van der Waals surface area contributed by atoms with Crippen molar-refractivity contribution in [1.29, 1.82) is 0 Å². The van der Waals surface area contributed by atoms with Gasteiger partial charge in [0, 0.05) is 16.7 Å². The zero-order valence-electron chi connectivity index (χ0n) is 12.1. The second-order valence-corrected chi connectivity index (χ2v) is 5.10. The van der Waals surface area contributed by atoms with Gasteiger partial charge in [0.1, 0.15) is 0 Å². The van der Waals surface area contributed by atoms with Crippen molar-refractivity contribution >= 4 is 12.7 Å². The van der Waals surface area contributed by atoms with Crippen LogP contribution in [0.1, 0.15) is 5.69 Å². The fourth-order valence-electron chi connectivity index (χ4n) is 2.59. The number of hydrogen-bond acceptors (Lipinski definition) is 1. The fourth-order valence-corrected chi connectivity index (χ4v) is 2.59. The van der Waals surface area contributed by atoms with Crippen LogP contribution in [0.3, 0.4) is 0 Å². The lowest BCUT2D eigenvalue weighted by Crippen LogP contribution is -2.25. The first-order valence-electron chi connectivity index (χ1n) is 7.07. The molecule has 0 spiro atoms. The van der Waals surface area contributed by atoms with E-state index >= 15 is 0 Å². The van der Waals surface area contributed by atoms with Gasteiger partial charge >= 0.3 is 7.27 Å². The van der Waals surface area contributed by atoms with E-state index in [9.17, 15) is 8.63 Å². The summed E-state index contributed by atoms with van der Waals surface area (Å²) in [5, 5.41) is 0. The molecule has 2 aromatic carbocycles. The molecule has 0 unspecified atom stereocenters. The van der Waals surface area contributed by atoms with Crippen LogP contribution in [0.5, 0.6) is 0 Å². The summed E-state index contributed by atoms with van der Waals surface area (Å²) in [5.74, 6) is 0. The van der Waals surface area contributed by atoms with Crippen molar-refractivity contribution in [2.45, 2.75) is 6.92 Å². The summed E-state index contributed by atoms with van der Waals surface area (Å²) in [7, 11) is -2.56. The summed E-state index contributed by atoms with van der Waals surface area (Å²) >= 11 is 0. The number of pyridine rings is 1. The van der Waals surface area contributed by atoms with Crippen molar-refractivity contribution in [1.82, 2.24) is 4.98 Å². The molecule has 3 aromatic rings. The highest BCUT2D eigenvalue weighted by atomic mass is 19.2. The van der Waals surface area contributed by atoms with Gasteiger partial charge in [-0.1, -0.05) is 54.6 Å². The first-order chi connectivity index (χ1) is 10.7. The number of nitrogens with zero attached hydrogens (tertiary/aromatic N) is 1. The largest absolute Gasteiger partial charge is 0.573 e. The molecule has 0 saturated heterocycles. The lowest BCUT2D eigenvalue weighted by Gasteiger charge is -2.13. The lowest BCUT2D eigenvalue weighted by atomic mass is 9.75. The highest BCUT2D eigenvalue weighted by Crippen LogP contribution is 2.24. The number of benzene rings is 2. The zero-order chi connectivity index (χ0) is 15.5. The van der Waals surface area contributed by atoms with Crippen molar-refractivity contribution in [3.63, 3.8) is 0 Å². The SMILES string of the molecule is Cc1cccc(-c2cccc(-c3ccccc3)c2B(F)F)n1. The van der Waals surface area contributed by atoms with Gasteiger partial charge in [0.25, 0.3) is 0 Å². The van der Waals surface area contributed by atoms with Crippen LogP contribution in [0.4, 0.5) is 8.63 Å². The van der Waals surface area contributed by atoms with Crippen LogP contribution in [0, 0.1) is 6.92 Å². The molecular formula is C18H14BF2N. The molecule has 0 radical (unpaired) electrons. The van der Waals surface area contributed by atoms with Crippen molar-refractivity contribution < 1.29 is 8.63 Å². The van der Waals surface area contributed by atoms with Crippen LogP contribution >= 0.6 is 0 Å². The van der Waals surface area contributed by atoms with Gasteiger partial charge in [-0.05, 0) is 30.2 Å². The number of rotatable bonds is 3. The van der Waals surface area contributed by atoms with Crippen molar-refractivity contribution in [3.05, 3.63) is 72.4 Å². The van der Waals surface area contributed by atoms with E-state index in [0.717, 1.165) is 11.3 Å². The van der Waals surface area contributed by atoms with Crippen molar-refractivity contribution in [2.75, 3.05) is 0 Å². The minimum absolute atomic E-state index is 0.0341. The minimum atomic E-state index is -2.56. The van der Waals surface area contributed by atoms with Gasteiger partial charge < -0.3 is 0 Å². The molecule has 0 aliphatic carbocycles. The van der Waals surface area contributed by atoms with Gasteiger partial charge in [0.15, 0.2) is 0 Å². The van der Waals surface area contributed by atoms with Crippen LogP contribution in [0.15, 0.2) is 66.7 Å². The second-order valence-electron chi connectivity index (χ2n) is 5.10. The molecule has 0 aliphatic rings. The average Bonchev–Trinajstić information content (AvgIpc) is 2.55. The molecule has 4 heteroatoms. The molecule has 0 saturated carbocycles. The van der Waals surface area contributed by atoms with Gasteiger partial charge in [0.05, 0.1) is 5.69 Å². The average molecular weight is 293 g/mol. The number of halogens is 2. The summed E-state index contributed by atoms with van der Waals surface area (Å²) in [5.41, 5.74) is 3.24. The highest BCUT2D eigenvalue weighted by molar-refractivity contribution is 6.63. The van der Waals surface area contributed by atoms with Crippen LogP contribution in [0.2, 0.25) is 0 Å². The van der Waals surface area contributed by atoms with Gasteiger partial charge in [-0.3, -0.25) is 13.6 Å². The van der Waals surface area contributed by atoms with Gasteiger partial charge in [0.2, 0.25) is 0 Å². The van der Waals surface area contributed by atoms with E-state index < -0.39 is 7.27 Å². The van der Waals surface area contributed by atoms with Gasteiger partial charge in [-0.2, -0.15) is 0 Å². The maximum Gasteiger partial charge on any atom is 0.573 e. The van der Waals surface area contributed by atoms with E-state index in [-0.39, 0.29) is 5.46 Å². The molecule has 1 nitrogen and oxygen atoms in total. The Morgan fingerprint density at radius 1 is 0.773 bits per heavy atom. The van der Waals surface area contributed by atoms with Crippen molar-refractivity contribution in [3.8, 4) is 22.4 Å². The van der Waals surface area contributed by atoms with Gasteiger partial charge in [-0.25, -0.2) is 0 Å². The second kappa shape index (κ2) is 6.10. The van der Waals surface area contributed by atoms with Crippen LogP contribution in [-0.2, 0) is 0 Å². The predicted molar refractivity (Wildman–Crippen MR) is 87.5 cm³/mol. The molecule has 0 amide bonds. The summed E-state index contributed by atoms with van der Waals surface area (Å²) in [6.45, 7) is 1.85. The van der Waals surface area contributed by atoms with E-state index in [1.165, 1.54) is 0 Å². The van der Waals surface area contributed by atoms with E-state index in [1.807, 2.05) is 49.4 Å². The van der Waals surface area contributed by atoms with Crippen LogP contribution in [-0.4, -0.2) is 12.3 Å². The third kappa shape index (κ3) is 2.77. The van der Waals surface area contributed by atoms with E-state index in [4.69, 9.17) is 0 Å². The maximum atomic E-state index is 13.7. The van der Waals surface area contributed by atoms with Crippen LogP contribution in [0.25, 0.3) is 22.4 Å². The Balaban J connectivity index is 2.24. The van der Waals surface area contributed by atoms with E-state index in [2.05, 4.69) is 4.98 Å². The molecule has 108 valence electrons. The Bertz CT molecular complexity index is 788. The van der Waals surface area contributed by atoms with Crippen LogP contribution < -0.4 is 5.46 Å². The smallest absolute Gasteiger partial charge is 0.281 e. The first kappa shape index (κ1) is 14.5. The third-order valence-electron chi connectivity index (χ3n) is 3.57. The summed E-state index contributed by atoms with van der Waals surface area (Å²) in [4.78, 5) is 4.39. The topological polar surface area (TPSA) is 12.9 Å². The molecule has 0 bridgehead atoms. The molecule has 0 fully saturated rings. The van der Waals surface area contributed by atoms with E-state index in [0.29, 0.717) is 16.8 Å². The Morgan fingerprint density at radius 3 is 2.14 bits per heavy atom. The molecule has 0 N–H and O–H groups in total. The number of aromatic nitrogens is 1. The van der Waals surface area contributed by atoms with Gasteiger partial charge in [-0.15, -0.1) is 0 Å². The Kier molecular flexibility index (Phi) is 4.01. The normalized spacial score (nSPS) is 10.5. The zero-order valence-corrected chi connectivity index (χ0v) is 12.1. The summed E-state index contributed by atoms with van der Waals surface area (Å²) in [6, 6.07) is 19.9. The Labute approximate surface area is 128 Å². The molecule has 3 rings (SSSR count). The number of aryl methyl sites for hydroxylation is 1. The monoisotopic (exact) mass is 293 g/mol. The molecular weight excluding hydrogens is 279 g/mol. The van der Waals surface area contributed by atoms with E-state index in [1.54, 1.807) is 24.3 Å². The minimum Gasteiger partial charge on any atom is -0.281 e.